The Balaban J connectivity index is 3.10. The molecule has 0 amide bonds. The molecule has 0 unspecified atom stereocenters. The monoisotopic (exact) mass is 245 g/mol. The van der Waals surface area contributed by atoms with E-state index in [9.17, 15) is 9.90 Å². The van der Waals surface area contributed by atoms with Crippen LogP contribution in [0, 0.1) is 0 Å². The van der Waals surface area contributed by atoms with Crippen molar-refractivity contribution in [2.45, 2.75) is 0 Å². The largest absolute Gasteiger partial charge is 0.504 e. The van der Waals surface area contributed by atoms with Crippen LogP contribution < -0.4 is 11.4 Å². The maximum Gasteiger partial charge on any atom is 0.281 e. The molecule has 5 nitrogen and oxygen atoms in total. The quantitative estimate of drug-likeness (QED) is 0.682. The molecule has 1 heterocycles. The summed E-state index contributed by atoms with van der Waals surface area (Å²) in [6.45, 7) is 0. The van der Waals surface area contributed by atoms with Crippen molar-refractivity contribution in [3.63, 3.8) is 0 Å². The van der Waals surface area contributed by atoms with Gasteiger partial charge in [-0.3, -0.25) is 4.79 Å². The number of aromatic hydroxyl groups is 1. The van der Waals surface area contributed by atoms with Gasteiger partial charge in [0.25, 0.3) is 5.56 Å². The smallest absolute Gasteiger partial charge is 0.281 e. The maximum atomic E-state index is 11.6. The fourth-order valence-electron chi connectivity index (χ4n) is 1.23. The van der Waals surface area contributed by atoms with Crippen LogP contribution in [0.5, 0.6) is 5.75 Å². The minimum absolute atomic E-state index is 0.0363. The second-order valence-electron chi connectivity index (χ2n) is 2.87. The molecule has 7 heteroatoms. The van der Waals surface area contributed by atoms with Crippen LogP contribution in [-0.4, -0.2) is 14.8 Å². The molecule has 15 heavy (non-hydrogen) atoms. The molecule has 78 valence electrons. The minimum atomic E-state index is -0.544. The lowest BCUT2D eigenvalue weighted by molar-refractivity contribution is 0.480. The van der Waals surface area contributed by atoms with Crippen molar-refractivity contribution in [3.05, 3.63) is 32.8 Å². The summed E-state index contributed by atoms with van der Waals surface area (Å²) in [5, 5.41) is 9.74. The van der Waals surface area contributed by atoms with E-state index in [0.717, 1.165) is 11.0 Å². The Bertz CT molecular complexity index is 609. The van der Waals surface area contributed by atoms with Crippen LogP contribution in [0.3, 0.4) is 0 Å². The highest BCUT2D eigenvalue weighted by molar-refractivity contribution is 6.39. The van der Waals surface area contributed by atoms with E-state index in [4.69, 9.17) is 29.0 Å². The highest BCUT2D eigenvalue weighted by Gasteiger charge is 2.14. The normalized spacial score (nSPS) is 10.8. The number of nitrogen functional groups attached to an aromatic ring is 1. The Labute approximate surface area is 93.6 Å². The van der Waals surface area contributed by atoms with E-state index in [0.29, 0.717) is 0 Å². The summed E-state index contributed by atoms with van der Waals surface area (Å²) in [5.41, 5.74) is -0.504. The van der Waals surface area contributed by atoms with Crippen molar-refractivity contribution in [2.24, 2.45) is 0 Å². The molecule has 0 fully saturated rings. The van der Waals surface area contributed by atoms with Gasteiger partial charge in [-0.2, -0.15) is 0 Å². The van der Waals surface area contributed by atoms with E-state index < -0.39 is 5.56 Å². The zero-order chi connectivity index (χ0) is 11.2. The average Bonchev–Trinajstić information content (AvgIpc) is 2.18. The fraction of sp³-hybridized carbons (Fsp3) is 0. The van der Waals surface area contributed by atoms with Crippen molar-refractivity contribution < 1.29 is 5.11 Å². The minimum Gasteiger partial charge on any atom is -0.504 e. The van der Waals surface area contributed by atoms with Crippen molar-refractivity contribution in [2.75, 3.05) is 5.84 Å². The van der Waals surface area contributed by atoms with Gasteiger partial charge in [-0.05, 0) is 6.07 Å². The van der Waals surface area contributed by atoms with Gasteiger partial charge < -0.3 is 10.9 Å². The number of fused-ring (bicyclic) bond motifs is 1. The molecule has 1 aromatic carbocycles. The number of nitrogens with two attached hydrogens (primary N) is 1. The second kappa shape index (κ2) is 3.29. The summed E-state index contributed by atoms with van der Waals surface area (Å²) in [5.74, 6) is 5.03. The van der Waals surface area contributed by atoms with E-state index in [1.54, 1.807) is 0 Å². The first-order chi connectivity index (χ1) is 7.02. The number of benzene rings is 1. The Kier molecular flexibility index (Phi) is 2.21. The molecule has 0 bridgehead atoms. The van der Waals surface area contributed by atoms with Gasteiger partial charge in [-0.15, -0.1) is 0 Å². The standard InChI is InChI=1S/C8H5Cl2N3O2/c9-3-1-4(10)7(14)6-5(3)8(15)13(11)2-12-6/h1-2,14H,11H2. The molecule has 2 rings (SSSR count). The molecule has 0 atom stereocenters. The summed E-state index contributed by atoms with van der Waals surface area (Å²) in [4.78, 5) is 15.4. The molecule has 3 N–H and O–H groups in total. The Morgan fingerprint density at radius 3 is 2.73 bits per heavy atom. The van der Waals surface area contributed by atoms with E-state index in [1.807, 2.05) is 0 Å². The van der Waals surface area contributed by atoms with Crippen LogP contribution in [0.2, 0.25) is 10.0 Å². The zero-order valence-electron chi connectivity index (χ0n) is 7.24. The second-order valence-corrected chi connectivity index (χ2v) is 3.68. The Morgan fingerprint density at radius 1 is 1.40 bits per heavy atom. The molecule has 1 aromatic heterocycles. The lowest BCUT2D eigenvalue weighted by atomic mass is 10.2. The predicted molar refractivity (Wildman–Crippen MR) is 57.8 cm³/mol. The number of phenols is 1. The van der Waals surface area contributed by atoms with Gasteiger partial charge >= 0.3 is 0 Å². The third kappa shape index (κ3) is 1.40. The third-order valence-corrected chi connectivity index (χ3v) is 2.53. The van der Waals surface area contributed by atoms with Crippen molar-refractivity contribution in [3.8, 4) is 5.75 Å². The predicted octanol–water partition coefficient (Wildman–Crippen LogP) is 1.12. The van der Waals surface area contributed by atoms with Crippen LogP contribution in [0.15, 0.2) is 17.2 Å². The van der Waals surface area contributed by atoms with E-state index in [1.165, 1.54) is 6.07 Å². The van der Waals surface area contributed by atoms with Crippen LogP contribution in [0.25, 0.3) is 10.9 Å². The van der Waals surface area contributed by atoms with Crippen LogP contribution in [-0.2, 0) is 0 Å². The highest BCUT2D eigenvalue weighted by atomic mass is 35.5. The van der Waals surface area contributed by atoms with E-state index in [2.05, 4.69) is 4.98 Å². The van der Waals surface area contributed by atoms with Crippen molar-refractivity contribution in [1.82, 2.24) is 9.66 Å². The summed E-state index contributed by atoms with van der Waals surface area (Å²) in [6.07, 6.45) is 1.08. The lowest BCUT2D eigenvalue weighted by Crippen LogP contribution is -2.27. The Hall–Kier alpha value is -1.46. The van der Waals surface area contributed by atoms with Gasteiger partial charge in [0.1, 0.15) is 11.8 Å². The number of halogens is 2. The average molecular weight is 246 g/mol. The van der Waals surface area contributed by atoms with Gasteiger partial charge in [0, 0.05) is 0 Å². The van der Waals surface area contributed by atoms with Crippen LogP contribution in [0.1, 0.15) is 0 Å². The molecule has 0 saturated carbocycles. The molecule has 2 aromatic rings. The maximum absolute atomic E-state index is 11.6. The van der Waals surface area contributed by atoms with E-state index in [-0.39, 0.29) is 26.7 Å². The first-order valence-corrected chi connectivity index (χ1v) is 4.61. The molecular formula is C8H5Cl2N3O2. The number of hydrogen-bond donors (Lipinski definition) is 2. The zero-order valence-corrected chi connectivity index (χ0v) is 8.75. The highest BCUT2D eigenvalue weighted by Crippen LogP contribution is 2.33. The lowest BCUT2D eigenvalue weighted by Gasteiger charge is -2.05. The van der Waals surface area contributed by atoms with Gasteiger partial charge in [-0.1, -0.05) is 23.2 Å². The number of hydrogen-bond acceptors (Lipinski definition) is 4. The fourth-order valence-corrected chi connectivity index (χ4v) is 1.76. The summed E-state index contributed by atoms with van der Waals surface area (Å²) in [7, 11) is 0. The molecule has 0 aliphatic heterocycles. The summed E-state index contributed by atoms with van der Waals surface area (Å²) < 4.78 is 0.779. The topological polar surface area (TPSA) is 81.1 Å². The third-order valence-electron chi connectivity index (χ3n) is 1.94. The molecule has 0 aliphatic rings. The molecule has 0 saturated heterocycles. The summed E-state index contributed by atoms with van der Waals surface area (Å²) in [6, 6.07) is 1.27. The van der Waals surface area contributed by atoms with Crippen molar-refractivity contribution in [1.29, 1.82) is 0 Å². The number of aromatic nitrogens is 2. The number of phenolic OH excluding ortho intramolecular Hbond substituents is 1. The van der Waals surface area contributed by atoms with Gasteiger partial charge in [-0.25, -0.2) is 9.66 Å². The first-order valence-electron chi connectivity index (χ1n) is 3.85. The molecular weight excluding hydrogens is 241 g/mol. The summed E-state index contributed by atoms with van der Waals surface area (Å²) >= 11 is 11.5. The van der Waals surface area contributed by atoms with Crippen LogP contribution in [0.4, 0.5) is 0 Å². The molecule has 0 radical (unpaired) electrons. The van der Waals surface area contributed by atoms with Crippen molar-refractivity contribution >= 4 is 34.1 Å². The first kappa shape index (κ1) is 10.1. The Morgan fingerprint density at radius 2 is 2.07 bits per heavy atom. The van der Waals surface area contributed by atoms with Gasteiger partial charge in [0.05, 0.1) is 15.4 Å². The van der Waals surface area contributed by atoms with Gasteiger partial charge in [0.15, 0.2) is 5.75 Å². The SMILES string of the molecule is Nn1cnc2c(O)c(Cl)cc(Cl)c2c1=O. The number of nitrogens with zero attached hydrogens (tertiary/aromatic N) is 2. The van der Waals surface area contributed by atoms with E-state index >= 15 is 0 Å². The molecule has 0 aliphatic carbocycles. The van der Waals surface area contributed by atoms with Crippen LogP contribution >= 0.6 is 23.2 Å². The van der Waals surface area contributed by atoms with Gasteiger partial charge in [0.2, 0.25) is 0 Å². The number of rotatable bonds is 0. The molecule has 0 spiro atoms.